The van der Waals surface area contributed by atoms with E-state index < -0.39 is 10.0 Å². The third kappa shape index (κ3) is 4.81. The number of carbonyl (C=O) groups is 1. The van der Waals surface area contributed by atoms with Gasteiger partial charge >= 0.3 is 0 Å². The van der Waals surface area contributed by atoms with E-state index in [1.54, 1.807) is 0 Å². The van der Waals surface area contributed by atoms with Gasteiger partial charge in [0.1, 0.15) is 4.21 Å². The van der Waals surface area contributed by atoms with Gasteiger partial charge < -0.3 is 5.32 Å². The average Bonchev–Trinajstić information content (AvgIpc) is 2.92. The first kappa shape index (κ1) is 16.5. The molecule has 1 aromatic heterocycles. The summed E-state index contributed by atoms with van der Waals surface area (Å²) < 4.78 is 26.9. The number of amides is 1. The van der Waals surface area contributed by atoms with Gasteiger partial charge in [-0.2, -0.15) is 0 Å². The molecule has 0 aromatic carbocycles. The first-order valence-corrected chi connectivity index (χ1v) is 9.39. The Labute approximate surface area is 133 Å². The van der Waals surface area contributed by atoms with Gasteiger partial charge in [-0.1, -0.05) is 17.7 Å². The molecule has 0 fully saturated rings. The summed E-state index contributed by atoms with van der Waals surface area (Å²) in [6, 6.07) is 3.00. The number of hydrogen-bond acceptors (Lipinski definition) is 4. The lowest BCUT2D eigenvalue weighted by Crippen LogP contribution is -2.35. The molecule has 21 heavy (non-hydrogen) atoms. The normalized spacial score (nSPS) is 15.6. The number of rotatable bonds is 6. The summed E-state index contributed by atoms with van der Waals surface area (Å²) in [5.41, 5.74) is 0.800. The standard InChI is InChI=1S/C13H17ClN2O3S2/c14-11-6-7-12(20-11)21(18,19)16-9-8-15-13(17)10-4-2-1-3-5-10/h4,6-7,16H,1-3,5,8-9H2,(H,15,17). The first-order valence-electron chi connectivity index (χ1n) is 6.71. The molecule has 2 N–H and O–H groups in total. The molecule has 0 spiro atoms. The minimum Gasteiger partial charge on any atom is -0.351 e. The van der Waals surface area contributed by atoms with Gasteiger partial charge in [0.05, 0.1) is 4.34 Å². The quantitative estimate of drug-likeness (QED) is 0.774. The van der Waals surface area contributed by atoms with Crippen molar-refractivity contribution < 1.29 is 13.2 Å². The monoisotopic (exact) mass is 348 g/mol. The van der Waals surface area contributed by atoms with Crippen LogP contribution in [0.1, 0.15) is 25.7 Å². The highest BCUT2D eigenvalue weighted by Gasteiger charge is 2.16. The number of halogens is 1. The van der Waals surface area contributed by atoms with Crippen LogP contribution in [0.2, 0.25) is 4.34 Å². The van der Waals surface area contributed by atoms with Crippen LogP contribution in [0.4, 0.5) is 0 Å². The summed E-state index contributed by atoms with van der Waals surface area (Å²) in [5.74, 6) is -0.104. The summed E-state index contributed by atoms with van der Waals surface area (Å²) in [7, 11) is -3.54. The maximum absolute atomic E-state index is 11.9. The van der Waals surface area contributed by atoms with E-state index in [0.29, 0.717) is 4.34 Å². The summed E-state index contributed by atoms with van der Waals surface area (Å²) in [6.07, 6.45) is 5.85. The second-order valence-electron chi connectivity index (χ2n) is 4.69. The molecule has 0 atom stereocenters. The zero-order valence-corrected chi connectivity index (χ0v) is 13.8. The van der Waals surface area contributed by atoms with Crippen LogP contribution in [0.15, 0.2) is 28.0 Å². The van der Waals surface area contributed by atoms with E-state index in [2.05, 4.69) is 10.0 Å². The fourth-order valence-corrected chi connectivity index (χ4v) is 4.59. The molecular weight excluding hydrogens is 332 g/mol. The maximum atomic E-state index is 11.9. The van der Waals surface area contributed by atoms with E-state index in [1.165, 1.54) is 12.1 Å². The molecule has 8 heteroatoms. The number of nitrogens with one attached hydrogen (secondary N) is 2. The Morgan fingerprint density at radius 1 is 1.29 bits per heavy atom. The van der Waals surface area contributed by atoms with Crippen LogP contribution >= 0.6 is 22.9 Å². The lowest BCUT2D eigenvalue weighted by molar-refractivity contribution is -0.117. The van der Waals surface area contributed by atoms with Crippen LogP contribution in [-0.4, -0.2) is 27.4 Å². The molecule has 1 aromatic rings. The van der Waals surface area contributed by atoms with Crippen molar-refractivity contribution in [2.24, 2.45) is 0 Å². The highest BCUT2D eigenvalue weighted by Crippen LogP contribution is 2.25. The Morgan fingerprint density at radius 3 is 2.71 bits per heavy atom. The first-order chi connectivity index (χ1) is 9.99. The second-order valence-corrected chi connectivity index (χ2v) is 8.40. The van der Waals surface area contributed by atoms with Crippen molar-refractivity contribution >= 4 is 38.9 Å². The van der Waals surface area contributed by atoms with E-state index in [9.17, 15) is 13.2 Å². The Kier molecular flexibility index (Phi) is 5.80. The molecule has 0 aliphatic heterocycles. The number of thiophene rings is 1. The van der Waals surface area contributed by atoms with Crippen LogP contribution in [0, 0.1) is 0 Å². The fraction of sp³-hybridized carbons (Fsp3) is 0.462. The molecule has 1 heterocycles. The van der Waals surface area contributed by atoms with Crippen molar-refractivity contribution in [1.82, 2.24) is 10.0 Å². The highest BCUT2D eigenvalue weighted by atomic mass is 35.5. The molecule has 0 saturated carbocycles. The van der Waals surface area contributed by atoms with E-state index in [0.717, 1.165) is 42.6 Å². The van der Waals surface area contributed by atoms with Gasteiger partial charge in [0.15, 0.2) is 0 Å². The largest absolute Gasteiger partial charge is 0.351 e. The van der Waals surface area contributed by atoms with E-state index >= 15 is 0 Å². The van der Waals surface area contributed by atoms with Crippen molar-refractivity contribution in [3.05, 3.63) is 28.1 Å². The highest BCUT2D eigenvalue weighted by molar-refractivity contribution is 7.91. The van der Waals surface area contributed by atoms with Crippen LogP contribution in [0.3, 0.4) is 0 Å². The number of hydrogen-bond donors (Lipinski definition) is 2. The zero-order valence-electron chi connectivity index (χ0n) is 11.4. The maximum Gasteiger partial charge on any atom is 0.250 e. The number of allylic oxidation sites excluding steroid dienone is 1. The topological polar surface area (TPSA) is 75.3 Å². The van der Waals surface area contributed by atoms with Gasteiger partial charge in [0.25, 0.3) is 0 Å². The van der Waals surface area contributed by atoms with Crippen molar-refractivity contribution in [3.63, 3.8) is 0 Å². The van der Waals surface area contributed by atoms with E-state index in [4.69, 9.17) is 11.6 Å². The van der Waals surface area contributed by atoms with E-state index in [-0.39, 0.29) is 23.2 Å². The fourth-order valence-electron chi connectivity index (χ4n) is 2.03. The average molecular weight is 349 g/mol. The summed E-state index contributed by atoms with van der Waals surface area (Å²) in [5, 5.41) is 2.72. The molecule has 0 bridgehead atoms. The van der Waals surface area contributed by atoms with Crippen molar-refractivity contribution in [3.8, 4) is 0 Å². The third-order valence-corrected chi connectivity index (χ3v) is 6.28. The van der Waals surface area contributed by atoms with E-state index in [1.807, 2.05) is 6.08 Å². The Morgan fingerprint density at radius 2 is 2.10 bits per heavy atom. The Bertz CT molecular complexity index is 638. The van der Waals surface area contributed by atoms with Gasteiger partial charge in [-0.15, -0.1) is 11.3 Å². The minimum absolute atomic E-state index is 0.104. The van der Waals surface area contributed by atoms with Gasteiger partial charge in [0.2, 0.25) is 15.9 Å². The van der Waals surface area contributed by atoms with Crippen LogP contribution < -0.4 is 10.0 Å². The molecule has 2 rings (SSSR count). The van der Waals surface area contributed by atoms with Gasteiger partial charge in [-0.3, -0.25) is 4.79 Å². The zero-order chi connectivity index (χ0) is 15.3. The van der Waals surface area contributed by atoms with Gasteiger partial charge in [-0.25, -0.2) is 13.1 Å². The van der Waals surface area contributed by atoms with Crippen LogP contribution in [0.5, 0.6) is 0 Å². The summed E-state index contributed by atoms with van der Waals surface area (Å²) in [6.45, 7) is 0.408. The number of carbonyl (C=O) groups excluding carboxylic acids is 1. The molecule has 1 aliphatic rings. The van der Waals surface area contributed by atoms with Crippen molar-refractivity contribution in [2.45, 2.75) is 29.9 Å². The van der Waals surface area contributed by atoms with Crippen LogP contribution in [0.25, 0.3) is 0 Å². The van der Waals surface area contributed by atoms with Crippen molar-refractivity contribution in [2.75, 3.05) is 13.1 Å². The Hall–Kier alpha value is -0.890. The van der Waals surface area contributed by atoms with Crippen molar-refractivity contribution in [1.29, 1.82) is 0 Å². The third-order valence-electron chi connectivity index (χ3n) is 3.10. The lowest BCUT2D eigenvalue weighted by Gasteiger charge is -2.12. The number of sulfonamides is 1. The van der Waals surface area contributed by atoms with Gasteiger partial charge in [-0.05, 0) is 37.8 Å². The molecule has 1 amide bonds. The molecule has 0 unspecified atom stereocenters. The SMILES string of the molecule is O=C(NCCNS(=O)(=O)c1ccc(Cl)s1)C1=CCCCC1. The lowest BCUT2D eigenvalue weighted by atomic mass is 9.99. The second kappa shape index (κ2) is 7.40. The summed E-state index contributed by atoms with van der Waals surface area (Å²) >= 11 is 6.72. The predicted octanol–water partition coefficient (Wildman–Crippen LogP) is 2.30. The molecule has 0 saturated heterocycles. The minimum atomic E-state index is -3.54. The molecular formula is C13H17ClN2O3S2. The molecule has 1 aliphatic carbocycles. The Balaban J connectivity index is 1.77. The summed E-state index contributed by atoms with van der Waals surface area (Å²) in [4.78, 5) is 11.8. The van der Waals surface area contributed by atoms with Gasteiger partial charge in [0, 0.05) is 18.7 Å². The van der Waals surface area contributed by atoms with Crippen LogP contribution in [-0.2, 0) is 14.8 Å². The predicted molar refractivity (Wildman–Crippen MR) is 84.1 cm³/mol. The molecule has 5 nitrogen and oxygen atoms in total. The molecule has 116 valence electrons. The smallest absolute Gasteiger partial charge is 0.250 e. The molecule has 0 radical (unpaired) electrons.